The Kier molecular flexibility index (Phi) is 5.57. The predicted molar refractivity (Wildman–Crippen MR) is 92.1 cm³/mol. The van der Waals surface area contributed by atoms with Crippen molar-refractivity contribution >= 4 is 34.6 Å². The standard InChI is InChI=1S/C17H20ClFN2O4/c1-17(2,3)25-16(23)21-14(15(22)24-4)5-9-8-20-13-7-11(18)12(19)6-10(9)13/h6-8,14,20H,5H2,1-4H3,(H,21,23)/t14-/m1/s1. The first kappa shape index (κ1) is 19.1. The van der Waals surface area contributed by atoms with E-state index in [4.69, 9.17) is 21.1 Å². The van der Waals surface area contributed by atoms with Gasteiger partial charge < -0.3 is 19.8 Å². The van der Waals surface area contributed by atoms with Crippen molar-refractivity contribution in [3.63, 3.8) is 0 Å². The minimum atomic E-state index is -0.974. The predicted octanol–water partition coefficient (Wildman–Crippen LogP) is 3.57. The Morgan fingerprint density at radius 1 is 1.36 bits per heavy atom. The first-order valence-electron chi connectivity index (χ1n) is 7.63. The monoisotopic (exact) mass is 370 g/mol. The molecule has 0 aliphatic rings. The number of amides is 1. The van der Waals surface area contributed by atoms with E-state index in [0.717, 1.165) is 0 Å². The smallest absolute Gasteiger partial charge is 0.408 e. The maximum absolute atomic E-state index is 13.7. The number of hydrogen-bond donors (Lipinski definition) is 2. The summed E-state index contributed by atoms with van der Waals surface area (Å²) < 4.78 is 23.6. The number of H-pyrrole nitrogens is 1. The van der Waals surface area contributed by atoms with Crippen LogP contribution in [0.1, 0.15) is 26.3 Å². The van der Waals surface area contributed by atoms with Gasteiger partial charge in [-0.15, -0.1) is 0 Å². The van der Waals surface area contributed by atoms with Crippen molar-refractivity contribution in [3.05, 3.63) is 34.7 Å². The molecule has 0 saturated carbocycles. The van der Waals surface area contributed by atoms with Crippen LogP contribution in [0.25, 0.3) is 10.9 Å². The van der Waals surface area contributed by atoms with E-state index in [9.17, 15) is 14.0 Å². The van der Waals surface area contributed by atoms with Gasteiger partial charge in [-0.1, -0.05) is 11.6 Å². The van der Waals surface area contributed by atoms with Crippen LogP contribution in [-0.2, 0) is 20.7 Å². The van der Waals surface area contributed by atoms with Gasteiger partial charge in [0.2, 0.25) is 0 Å². The van der Waals surface area contributed by atoms with Crippen molar-refractivity contribution in [1.29, 1.82) is 0 Å². The molecule has 1 atom stereocenters. The third kappa shape index (κ3) is 4.85. The van der Waals surface area contributed by atoms with Crippen molar-refractivity contribution in [1.82, 2.24) is 10.3 Å². The van der Waals surface area contributed by atoms with Gasteiger partial charge in [0.15, 0.2) is 0 Å². The fraction of sp³-hybridized carbons (Fsp3) is 0.412. The summed E-state index contributed by atoms with van der Waals surface area (Å²) in [6, 6.07) is 1.77. The van der Waals surface area contributed by atoms with Crippen LogP contribution in [0.5, 0.6) is 0 Å². The molecule has 0 aliphatic heterocycles. The molecule has 6 nitrogen and oxygen atoms in total. The zero-order valence-corrected chi connectivity index (χ0v) is 15.2. The first-order chi connectivity index (χ1) is 11.6. The number of nitrogens with one attached hydrogen (secondary N) is 2. The number of hydrogen-bond acceptors (Lipinski definition) is 4. The summed E-state index contributed by atoms with van der Waals surface area (Å²) in [6.07, 6.45) is 0.997. The summed E-state index contributed by atoms with van der Waals surface area (Å²) in [7, 11) is 1.22. The molecule has 2 rings (SSSR count). The number of halogens is 2. The highest BCUT2D eigenvalue weighted by atomic mass is 35.5. The molecular formula is C17H20ClFN2O4. The van der Waals surface area contributed by atoms with Gasteiger partial charge in [-0.05, 0) is 38.5 Å². The third-order valence-electron chi connectivity index (χ3n) is 3.41. The summed E-state index contributed by atoms with van der Waals surface area (Å²) in [5.41, 5.74) is 0.560. The Morgan fingerprint density at radius 2 is 2.04 bits per heavy atom. The Labute approximate surface area is 149 Å². The van der Waals surface area contributed by atoms with Gasteiger partial charge in [0.1, 0.15) is 17.5 Å². The van der Waals surface area contributed by atoms with E-state index < -0.39 is 29.5 Å². The van der Waals surface area contributed by atoms with E-state index in [1.165, 1.54) is 19.2 Å². The Morgan fingerprint density at radius 3 is 2.64 bits per heavy atom. The highest BCUT2D eigenvalue weighted by Gasteiger charge is 2.26. The van der Waals surface area contributed by atoms with Crippen LogP contribution in [0, 0.1) is 5.82 Å². The van der Waals surface area contributed by atoms with E-state index in [1.54, 1.807) is 27.0 Å². The highest BCUT2D eigenvalue weighted by molar-refractivity contribution is 6.31. The lowest BCUT2D eigenvalue weighted by molar-refractivity contribution is -0.143. The van der Waals surface area contributed by atoms with Crippen LogP contribution < -0.4 is 5.32 Å². The number of carbonyl (C=O) groups excluding carboxylic acids is 2. The molecule has 25 heavy (non-hydrogen) atoms. The molecule has 1 aromatic carbocycles. The molecule has 8 heteroatoms. The molecule has 1 aromatic heterocycles. The summed E-state index contributed by atoms with van der Waals surface area (Å²) >= 11 is 5.76. The van der Waals surface area contributed by atoms with Gasteiger partial charge >= 0.3 is 12.1 Å². The van der Waals surface area contributed by atoms with Crippen molar-refractivity contribution in [2.24, 2.45) is 0 Å². The van der Waals surface area contributed by atoms with Crippen molar-refractivity contribution in [3.8, 4) is 0 Å². The summed E-state index contributed by atoms with van der Waals surface area (Å²) in [4.78, 5) is 26.9. The van der Waals surface area contributed by atoms with Crippen LogP contribution >= 0.6 is 11.6 Å². The molecular weight excluding hydrogens is 351 g/mol. The largest absolute Gasteiger partial charge is 0.467 e. The lowest BCUT2D eigenvalue weighted by Gasteiger charge is -2.22. The fourth-order valence-electron chi connectivity index (χ4n) is 2.35. The first-order valence-corrected chi connectivity index (χ1v) is 8.01. The number of esters is 1. The molecule has 2 aromatic rings. The number of rotatable bonds is 4. The number of methoxy groups -OCH3 is 1. The summed E-state index contributed by atoms with van der Waals surface area (Å²) in [6.45, 7) is 5.14. The lowest BCUT2D eigenvalue weighted by Crippen LogP contribution is -2.45. The van der Waals surface area contributed by atoms with Crippen LogP contribution in [0.2, 0.25) is 5.02 Å². The number of alkyl carbamates (subject to hydrolysis) is 1. The number of fused-ring (bicyclic) bond motifs is 1. The highest BCUT2D eigenvalue weighted by Crippen LogP contribution is 2.26. The van der Waals surface area contributed by atoms with Gasteiger partial charge in [-0.3, -0.25) is 0 Å². The molecule has 1 amide bonds. The molecule has 2 N–H and O–H groups in total. The van der Waals surface area contributed by atoms with E-state index >= 15 is 0 Å². The topological polar surface area (TPSA) is 80.4 Å². The van der Waals surface area contributed by atoms with E-state index in [0.29, 0.717) is 16.5 Å². The molecule has 0 radical (unpaired) electrons. The fourth-order valence-corrected chi connectivity index (χ4v) is 2.51. The number of aromatic nitrogens is 1. The zero-order chi connectivity index (χ0) is 18.8. The molecule has 1 heterocycles. The molecule has 0 bridgehead atoms. The molecule has 0 saturated heterocycles. The average molecular weight is 371 g/mol. The molecule has 0 spiro atoms. The van der Waals surface area contributed by atoms with Crippen molar-refractivity contribution in [2.75, 3.05) is 7.11 Å². The SMILES string of the molecule is COC(=O)[C@@H](Cc1c[nH]c2cc(Cl)c(F)cc12)NC(=O)OC(C)(C)C. The van der Waals surface area contributed by atoms with Gasteiger partial charge in [-0.25, -0.2) is 14.0 Å². The number of ether oxygens (including phenoxy) is 2. The molecule has 136 valence electrons. The van der Waals surface area contributed by atoms with E-state index in [2.05, 4.69) is 10.3 Å². The second-order valence-corrected chi connectivity index (χ2v) is 6.96. The lowest BCUT2D eigenvalue weighted by atomic mass is 10.0. The number of aromatic amines is 1. The summed E-state index contributed by atoms with van der Waals surface area (Å²) in [5, 5.41) is 3.05. The number of carbonyl (C=O) groups is 2. The van der Waals surface area contributed by atoms with E-state index in [-0.39, 0.29) is 11.4 Å². The molecule has 0 fully saturated rings. The quantitative estimate of drug-likeness (QED) is 0.806. The molecule has 0 unspecified atom stereocenters. The Hall–Kier alpha value is -2.28. The van der Waals surface area contributed by atoms with Gasteiger partial charge in [-0.2, -0.15) is 0 Å². The second-order valence-electron chi connectivity index (χ2n) is 6.55. The van der Waals surface area contributed by atoms with Crippen molar-refractivity contribution in [2.45, 2.75) is 38.8 Å². The molecule has 0 aliphatic carbocycles. The van der Waals surface area contributed by atoms with Gasteiger partial charge in [0.25, 0.3) is 0 Å². The minimum absolute atomic E-state index is 0.00250. The summed E-state index contributed by atoms with van der Waals surface area (Å²) in [5.74, 6) is -1.20. The second kappa shape index (κ2) is 7.31. The maximum Gasteiger partial charge on any atom is 0.408 e. The average Bonchev–Trinajstić information content (AvgIpc) is 2.86. The third-order valence-corrected chi connectivity index (χ3v) is 3.70. The van der Waals surface area contributed by atoms with Crippen molar-refractivity contribution < 1.29 is 23.5 Å². The minimum Gasteiger partial charge on any atom is -0.467 e. The Bertz CT molecular complexity index is 798. The van der Waals surface area contributed by atoms with Crippen LogP contribution in [0.3, 0.4) is 0 Å². The van der Waals surface area contributed by atoms with E-state index in [1.807, 2.05) is 0 Å². The van der Waals surface area contributed by atoms with Crippen LogP contribution in [0.15, 0.2) is 18.3 Å². The van der Waals surface area contributed by atoms with Gasteiger partial charge in [0, 0.05) is 23.5 Å². The van der Waals surface area contributed by atoms with Gasteiger partial charge in [0.05, 0.1) is 12.1 Å². The maximum atomic E-state index is 13.7. The normalized spacial score (nSPS) is 12.7. The zero-order valence-electron chi connectivity index (χ0n) is 14.4. The van der Waals surface area contributed by atoms with Crippen LogP contribution in [0.4, 0.5) is 9.18 Å². The number of benzene rings is 1. The van der Waals surface area contributed by atoms with Crippen LogP contribution in [-0.4, -0.2) is 35.8 Å². The Balaban J connectivity index is 2.24.